The van der Waals surface area contributed by atoms with Crippen LogP contribution in [0.4, 0.5) is 17.1 Å². The second-order valence-electron chi connectivity index (χ2n) is 12.9. The van der Waals surface area contributed by atoms with Gasteiger partial charge in [-0.3, -0.25) is 0 Å². The highest BCUT2D eigenvalue weighted by Gasteiger charge is 2.21. The van der Waals surface area contributed by atoms with E-state index in [0.29, 0.717) is 0 Å². The van der Waals surface area contributed by atoms with Crippen molar-refractivity contribution in [3.05, 3.63) is 194 Å². The molecule has 3 heteroatoms. The maximum Gasteiger partial charge on any atom is 0.0702 e. The van der Waals surface area contributed by atoms with Crippen LogP contribution in [0.2, 0.25) is 0 Å². The number of anilines is 3. The van der Waals surface area contributed by atoms with E-state index in [2.05, 4.69) is 204 Å². The Kier molecular flexibility index (Phi) is 7.04. The SMILES string of the molecule is c1ccc(-c2ccc(N(c3ccc(-c4cccc5c4sc4ccccc45)cc3)c3ccccc3-n3c4ccccc4c4ccccc43)cc2)cc1. The lowest BCUT2D eigenvalue weighted by molar-refractivity contribution is 1.15. The first kappa shape index (κ1) is 29.5. The normalized spacial score (nSPS) is 11.5. The molecule has 2 heterocycles. The highest BCUT2D eigenvalue weighted by Crippen LogP contribution is 2.44. The predicted octanol–water partition coefficient (Wildman–Crippen LogP) is 14.0. The molecule has 10 aromatic rings. The third-order valence-corrected chi connectivity index (χ3v) is 11.2. The summed E-state index contributed by atoms with van der Waals surface area (Å²) in [5.74, 6) is 0. The minimum absolute atomic E-state index is 1.10. The van der Waals surface area contributed by atoms with Crippen molar-refractivity contribution >= 4 is 70.4 Å². The van der Waals surface area contributed by atoms with E-state index >= 15 is 0 Å². The van der Waals surface area contributed by atoms with Crippen molar-refractivity contribution in [3.8, 4) is 27.9 Å². The van der Waals surface area contributed by atoms with Gasteiger partial charge in [0, 0.05) is 42.3 Å². The lowest BCUT2D eigenvalue weighted by Crippen LogP contribution is -2.13. The molecule has 2 nitrogen and oxygen atoms in total. The second-order valence-corrected chi connectivity index (χ2v) is 14.0. The lowest BCUT2D eigenvalue weighted by Gasteiger charge is -2.28. The van der Waals surface area contributed by atoms with Gasteiger partial charge in [0.15, 0.2) is 0 Å². The molecule has 2 aromatic heterocycles. The van der Waals surface area contributed by atoms with Crippen molar-refractivity contribution in [2.45, 2.75) is 0 Å². The third-order valence-electron chi connectivity index (χ3n) is 10.0. The molecule has 0 saturated heterocycles. The summed E-state index contributed by atoms with van der Waals surface area (Å²) in [6.45, 7) is 0. The highest BCUT2D eigenvalue weighted by atomic mass is 32.1. The highest BCUT2D eigenvalue weighted by molar-refractivity contribution is 7.26. The van der Waals surface area contributed by atoms with Crippen LogP contribution in [-0.4, -0.2) is 4.57 Å². The van der Waals surface area contributed by atoms with Crippen LogP contribution in [0.1, 0.15) is 0 Å². The molecule has 0 fully saturated rings. The number of para-hydroxylation sites is 4. The lowest BCUT2D eigenvalue weighted by atomic mass is 10.0. The Labute approximate surface area is 300 Å². The van der Waals surface area contributed by atoms with Crippen LogP contribution in [0.5, 0.6) is 0 Å². The molecule has 0 radical (unpaired) electrons. The summed E-state index contributed by atoms with van der Waals surface area (Å²) >= 11 is 1.88. The van der Waals surface area contributed by atoms with Gasteiger partial charge in [0.05, 0.1) is 22.4 Å². The first-order chi connectivity index (χ1) is 25.3. The topological polar surface area (TPSA) is 8.17 Å². The number of hydrogen-bond donors (Lipinski definition) is 0. The molecule has 0 amide bonds. The van der Waals surface area contributed by atoms with Crippen LogP contribution in [-0.2, 0) is 0 Å². The zero-order valence-electron chi connectivity index (χ0n) is 27.8. The summed E-state index contributed by atoms with van der Waals surface area (Å²) in [5, 5.41) is 5.14. The minimum atomic E-state index is 1.10. The fraction of sp³-hybridized carbons (Fsp3) is 0. The maximum absolute atomic E-state index is 2.42. The van der Waals surface area contributed by atoms with Gasteiger partial charge in [-0.05, 0) is 76.9 Å². The largest absolute Gasteiger partial charge is 0.308 e. The Bertz CT molecular complexity index is 2790. The molecule has 0 aliphatic carbocycles. The molecular formula is C48H32N2S. The fourth-order valence-electron chi connectivity index (χ4n) is 7.65. The Morgan fingerprint density at radius 3 is 1.61 bits per heavy atom. The molecule has 0 aliphatic heterocycles. The van der Waals surface area contributed by atoms with E-state index in [-0.39, 0.29) is 0 Å². The molecule has 0 bridgehead atoms. The van der Waals surface area contributed by atoms with Crippen molar-refractivity contribution in [2.75, 3.05) is 4.90 Å². The number of hydrogen-bond acceptors (Lipinski definition) is 2. The van der Waals surface area contributed by atoms with Gasteiger partial charge in [0.1, 0.15) is 0 Å². The van der Waals surface area contributed by atoms with Gasteiger partial charge in [-0.15, -0.1) is 11.3 Å². The maximum atomic E-state index is 2.42. The Morgan fingerprint density at radius 2 is 0.902 bits per heavy atom. The number of fused-ring (bicyclic) bond motifs is 6. The second kappa shape index (κ2) is 12.2. The molecule has 51 heavy (non-hydrogen) atoms. The average molecular weight is 669 g/mol. The fourth-order valence-corrected chi connectivity index (χ4v) is 8.89. The van der Waals surface area contributed by atoms with Gasteiger partial charge < -0.3 is 9.47 Å². The van der Waals surface area contributed by atoms with E-state index in [1.807, 2.05) is 11.3 Å². The van der Waals surface area contributed by atoms with Crippen molar-refractivity contribution in [1.29, 1.82) is 0 Å². The van der Waals surface area contributed by atoms with Crippen molar-refractivity contribution in [2.24, 2.45) is 0 Å². The first-order valence-corrected chi connectivity index (χ1v) is 18.2. The molecule has 0 spiro atoms. The molecule has 0 unspecified atom stereocenters. The van der Waals surface area contributed by atoms with E-state index in [0.717, 1.165) is 22.7 Å². The van der Waals surface area contributed by atoms with E-state index < -0.39 is 0 Å². The predicted molar refractivity (Wildman–Crippen MR) is 219 cm³/mol. The van der Waals surface area contributed by atoms with Crippen LogP contribution in [0, 0.1) is 0 Å². The first-order valence-electron chi connectivity index (χ1n) is 17.4. The summed E-state index contributed by atoms with van der Waals surface area (Å²) in [6, 6.07) is 70.3. The summed E-state index contributed by atoms with van der Waals surface area (Å²) in [5.41, 5.74) is 11.7. The molecule has 10 rings (SSSR count). The standard InChI is InChI=1S/C48H32N2S/c1-2-13-33(14-3-1)34-25-29-36(30-26-34)49(37-31-27-35(28-32-37)38-18-12-19-42-41-17-6-11-24-47(41)51-48(38)42)45-22-9-10-23-46(45)50-43-20-7-4-15-39(43)40-16-5-8-21-44(40)50/h1-32H. The van der Waals surface area contributed by atoms with E-state index in [1.165, 1.54) is 64.2 Å². The Hall–Kier alpha value is -6.42. The van der Waals surface area contributed by atoms with Gasteiger partial charge in [-0.1, -0.05) is 140 Å². The van der Waals surface area contributed by atoms with Crippen molar-refractivity contribution in [1.82, 2.24) is 4.57 Å². The number of aromatic nitrogens is 1. The van der Waals surface area contributed by atoms with E-state index in [9.17, 15) is 0 Å². The third kappa shape index (κ3) is 4.93. The van der Waals surface area contributed by atoms with Gasteiger partial charge in [0.25, 0.3) is 0 Å². The van der Waals surface area contributed by atoms with Gasteiger partial charge >= 0.3 is 0 Å². The van der Waals surface area contributed by atoms with Crippen LogP contribution >= 0.6 is 11.3 Å². The van der Waals surface area contributed by atoms with Gasteiger partial charge in [-0.2, -0.15) is 0 Å². The van der Waals surface area contributed by atoms with Crippen molar-refractivity contribution < 1.29 is 0 Å². The zero-order chi connectivity index (χ0) is 33.7. The average Bonchev–Trinajstić information content (AvgIpc) is 3.75. The van der Waals surface area contributed by atoms with Gasteiger partial charge in [0.2, 0.25) is 0 Å². The summed E-state index contributed by atoms with van der Waals surface area (Å²) in [7, 11) is 0. The summed E-state index contributed by atoms with van der Waals surface area (Å²) in [6.07, 6.45) is 0. The zero-order valence-corrected chi connectivity index (χ0v) is 28.6. The molecule has 0 N–H and O–H groups in total. The smallest absolute Gasteiger partial charge is 0.0702 e. The molecule has 0 aliphatic rings. The van der Waals surface area contributed by atoms with Crippen molar-refractivity contribution in [3.63, 3.8) is 0 Å². The molecule has 0 atom stereocenters. The Morgan fingerprint density at radius 1 is 0.373 bits per heavy atom. The number of nitrogens with zero attached hydrogens (tertiary/aromatic N) is 2. The molecule has 8 aromatic carbocycles. The Balaban J connectivity index is 1.15. The minimum Gasteiger partial charge on any atom is -0.308 e. The summed E-state index contributed by atoms with van der Waals surface area (Å²) in [4.78, 5) is 2.40. The van der Waals surface area contributed by atoms with Gasteiger partial charge in [-0.25, -0.2) is 0 Å². The quantitative estimate of drug-likeness (QED) is 0.171. The van der Waals surface area contributed by atoms with E-state index in [4.69, 9.17) is 0 Å². The molecule has 0 saturated carbocycles. The van der Waals surface area contributed by atoms with Crippen LogP contribution in [0.25, 0.3) is 69.9 Å². The van der Waals surface area contributed by atoms with Crippen LogP contribution in [0.3, 0.4) is 0 Å². The van der Waals surface area contributed by atoms with E-state index in [1.54, 1.807) is 0 Å². The number of rotatable bonds is 6. The molecule has 240 valence electrons. The monoisotopic (exact) mass is 668 g/mol. The number of thiophene rings is 1. The molecular weight excluding hydrogens is 637 g/mol. The number of benzene rings is 8. The summed E-state index contributed by atoms with van der Waals surface area (Å²) < 4.78 is 5.07. The van der Waals surface area contributed by atoms with Crippen LogP contribution in [0.15, 0.2) is 194 Å². The van der Waals surface area contributed by atoms with Crippen LogP contribution < -0.4 is 4.90 Å².